The first-order valence-electron chi connectivity index (χ1n) is 11.3. The zero-order valence-corrected chi connectivity index (χ0v) is 18.8. The molecular formula is C27H29N3O3. The maximum atomic E-state index is 12.8. The van der Waals surface area contributed by atoms with E-state index < -0.39 is 0 Å². The summed E-state index contributed by atoms with van der Waals surface area (Å²) >= 11 is 0. The minimum absolute atomic E-state index is 0.0935. The van der Waals surface area contributed by atoms with Crippen molar-refractivity contribution in [2.24, 2.45) is 0 Å². The lowest BCUT2D eigenvalue weighted by molar-refractivity contribution is 0.0937. The van der Waals surface area contributed by atoms with Crippen molar-refractivity contribution in [3.8, 4) is 5.75 Å². The number of methoxy groups -OCH3 is 1. The predicted octanol–water partition coefficient (Wildman–Crippen LogP) is 4.51. The van der Waals surface area contributed by atoms with Crippen LogP contribution in [0.5, 0.6) is 5.75 Å². The number of benzene rings is 3. The van der Waals surface area contributed by atoms with Crippen LogP contribution in [0.4, 0.5) is 5.69 Å². The number of carbonyl (C=O) groups is 2. The Morgan fingerprint density at radius 2 is 1.58 bits per heavy atom. The van der Waals surface area contributed by atoms with Gasteiger partial charge in [0.15, 0.2) is 0 Å². The van der Waals surface area contributed by atoms with Gasteiger partial charge in [0.1, 0.15) is 5.75 Å². The first-order chi connectivity index (χ1) is 16.1. The number of amides is 2. The third-order valence-electron chi connectivity index (χ3n) is 5.96. The van der Waals surface area contributed by atoms with Gasteiger partial charge in [0.2, 0.25) is 0 Å². The van der Waals surface area contributed by atoms with Crippen LogP contribution in [0.1, 0.15) is 45.2 Å². The standard InChI is InChI=1S/C27H29N3O3/c1-33-24-11-7-10-22(18-24)25(30-16-5-6-17-30)19-28-26(31)21-12-14-23(15-13-21)29-27(32)20-8-3-2-4-9-20/h2-4,7-15,18,25H,5-6,16-17,19H2,1H3,(H,28,31)(H,29,32). The lowest BCUT2D eigenvalue weighted by atomic mass is 10.0. The normalized spacial score (nSPS) is 14.5. The molecule has 1 aliphatic heterocycles. The number of hydrogen-bond acceptors (Lipinski definition) is 4. The molecule has 6 heteroatoms. The number of likely N-dealkylation sites (tertiary alicyclic amines) is 1. The molecule has 1 heterocycles. The zero-order valence-electron chi connectivity index (χ0n) is 18.8. The van der Waals surface area contributed by atoms with Gasteiger partial charge in [-0.15, -0.1) is 0 Å². The molecule has 6 nitrogen and oxygen atoms in total. The third kappa shape index (κ3) is 5.79. The molecule has 1 fully saturated rings. The monoisotopic (exact) mass is 443 g/mol. The molecule has 0 saturated carbocycles. The number of nitrogens with zero attached hydrogens (tertiary/aromatic N) is 1. The lowest BCUT2D eigenvalue weighted by Crippen LogP contribution is -2.36. The van der Waals surface area contributed by atoms with Crippen LogP contribution < -0.4 is 15.4 Å². The van der Waals surface area contributed by atoms with E-state index in [1.807, 2.05) is 36.4 Å². The van der Waals surface area contributed by atoms with Crippen molar-refractivity contribution in [3.05, 3.63) is 95.6 Å². The van der Waals surface area contributed by atoms with Crippen molar-refractivity contribution in [1.29, 1.82) is 0 Å². The average molecular weight is 444 g/mol. The lowest BCUT2D eigenvalue weighted by Gasteiger charge is -2.28. The largest absolute Gasteiger partial charge is 0.497 e. The molecule has 0 aromatic heterocycles. The smallest absolute Gasteiger partial charge is 0.255 e. The Hall–Kier alpha value is -3.64. The van der Waals surface area contributed by atoms with Gasteiger partial charge < -0.3 is 15.4 Å². The van der Waals surface area contributed by atoms with E-state index in [1.54, 1.807) is 43.5 Å². The Labute approximate surface area is 194 Å². The quantitative estimate of drug-likeness (QED) is 0.537. The first kappa shape index (κ1) is 22.6. The number of rotatable bonds is 8. The van der Waals surface area contributed by atoms with Gasteiger partial charge in [-0.2, -0.15) is 0 Å². The van der Waals surface area contributed by atoms with Crippen molar-refractivity contribution in [2.45, 2.75) is 18.9 Å². The summed E-state index contributed by atoms with van der Waals surface area (Å²) in [7, 11) is 1.66. The number of nitrogens with one attached hydrogen (secondary N) is 2. The summed E-state index contributed by atoms with van der Waals surface area (Å²) in [5.74, 6) is 0.499. The molecule has 3 aromatic rings. The molecule has 0 spiro atoms. The van der Waals surface area contributed by atoms with Gasteiger partial charge in [-0.25, -0.2) is 0 Å². The summed E-state index contributed by atoms with van der Waals surface area (Å²) in [5, 5.41) is 5.94. The van der Waals surface area contributed by atoms with Gasteiger partial charge in [-0.1, -0.05) is 30.3 Å². The van der Waals surface area contributed by atoms with Crippen LogP contribution in [-0.2, 0) is 0 Å². The van der Waals surface area contributed by atoms with E-state index in [0.29, 0.717) is 23.4 Å². The highest BCUT2D eigenvalue weighted by Gasteiger charge is 2.24. The van der Waals surface area contributed by atoms with E-state index in [9.17, 15) is 9.59 Å². The summed E-state index contributed by atoms with van der Waals surface area (Å²) in [6.45, 7) is 2.56. The van der Waals surface area contributed by atoms with Gasteiger partial charge in [-0.3, -0.25) is 14.5 Å². The van der Waals surface area contributed by atoms with Crippen molar-refractivity contribution < 1.29 is 14.3 Å². The van der Waals surface area contributed by atoms with Crippen molar-refractivity contribution >= 4 is 17.5 Å². The summed E-state index contributed by atoms with van der Waals surface area (Å²) in [6.07, 6.45) is 2.34. The Morgan fingerprint density at radius 3 is 2.27 bits per heavy atom. The van der Waals surface area contributed by atoms with Gasteiger partial charge in [0.05, 0.1) is 13.2 Å². The molecule has 0 bridgehead atoms. The van der Waals surface area contributed by atoms with Crippen LogP contribution in [0.2, 0.25) is 0 Å². The second-order valence-corrected chi connectivity index (χ2v) is 8.14. The van der Waals surface area contributed by atoms with Crippen molar-refractivity contribution in [2.75, 3.05) is 32.1 Å². The molecule has 1 unspecified atom stereocenters. The number of anilines is 1. The molecule has 170 valence electrons. The first-order valence-corrected chi connectivity index (χ1v) is 11.3. The fourth-order valence-corrected chi connectivity index (χ4v) is 4.15. The summed E-state index contributed by atoms with van der Waals surface area (Å²) in [4.78, 5) is 27.6. The van der Waals surface area contributed by atoms with E-state index in [4.69, 9.17) is 4.74 Å². The maximum Gasteiger partial charge on any atom is 0.255 e. The molecule has 2 N–H and O–H groups in total. The minimum atomic E-state index is -0.181. The maximum absolute atomic E-state index is 12.8. The van der Waals surface area contributed by atoms with E-state index >= 15 is 0 Å². The predicted molar refractivity (Wildman–Crippen MR) is 130 cm³/mol. The van der Waals surface area contributed by atoms with E-state index in [1.165, 1.54) is 12.8 Å². The van der Waals surface area contributed by atoms with Gasteiger partial charge in [0, 0.05) is 23.4 Å². The van der Waals surface area contributed by atoms with E-state index in [0.717, 1.165) is 24.4 Å². The summed E-state index contributed by atoms with van der Waals surface area (Å²) in [5.41, 5.74) is 2.92. The van der Waals surface area contributed by atoms with Gasteiger partial charge in [-0.05, 0) is 80.0 Å². The fraction of sp³-hybridized carbons (Fsp3) is 0.259. The average Bonchev–Trinajstić information content (AvgIpc) is 3.40. The Bertz CT molecular complexity index is 1080. The van der Waals surface area contributed by atoms with Crippen LogP contribution >= 0.6 is 0 Å². The fourth-order valence-electron chi connectivity index (χ4n) is 4.15. The molecule has 1 aliphatic rings. The second-order valence-electron chi connectivity index (χ2n) is 8.14. The number of hydrogen-bond donors (Lipinski definition) is 2. The SMILES string of the molecule is COc1cccc(C(CNC(=O)c2ccc(NC(=O)c3ccccc3)cc2)N2CCCC2)c1. The van der Waals surface area contributed by atoms with Crippen molar-refractivity contribution in [1.82, 2.24) is 10.2 Å². The van der Waals surface area contributed by atoms with Gasteiger partial charge in [0.25, 0.3) is 11.8 Å². The minimum Gasteiger partial charge on any atom is -0.497 e. The molecule has 3 aromatic carbocycles. The van der Waals surface area contributed by atoms with Crippen LogP contribution in [0.25, 0.3) is 0 Å². The Kier molecular flexibility index (Phi) is 7.37. The molecule has 1 atom stereocenters. The highest BCUT2D eigenvalue weighted by molar-refractivity contribution is 6.04. The van der Waals surface area contributed by atoms with Crippen LogP contribution in [0.15, 0.2) is 78.9 Å². The topological polar surface area (TPSA) is 70.7 Å². The third-order valence-corrected chi connectivity index (χ3v) is 5.96. The Morgan fingerprint density at radius 1 is 0.879 bits per heavy atom. The second kappa shape index (κ2) is 10.8. The van der Waals surface area contributed by atoms with Crippen molar-refractivity contribution in [3.63, 3.8) is 0 Å². The molecule has 1 saturated heterocycles. The van der Waals surface area contributed by atoms with Crippen LogP contribution in [0, 0.1) is 0 Å². The van der Waals surface area contributed by atoms with E-state index in [-0.39, 0.29) is 17.9 Å². The van der Waals surface area contributed by atoms with Gasteiger partial charge >= 0.3 is 0 Å². The molecule has 2 amide bonds. The highest BCUT2D eigenvalue weighted by Crippen LogP contribution is 2.27. The molecule has 33 heavy (non-hydrogen) atoms. The number of ether oxygens (including phenoxy) is 1. The zero-order chi connectivity index (χ0) is 23.0. The summed E-state index contributed by atoms with van der Waals surface area (Å²) < 4.78 is 5.39. The molecule has 0 radical (unpaired) electrons. The van der Waals surface area contributed by atoms with Crippen LogP contribution in [0.3, 0.4) is 0 Å². The number of carbonyl (C=O) groups excluding carboxylic acids is 2. The molecular weight excluding hydrogens is 414 g/mol. The van der Waals surface area contributed by atoms with Crippen LogP contribution in [-0.4, -0.2) is 43.5 Å². The summed E-state index contributed by atoms with van der Waals surface area (Å²) in [6, 6.07) is 24.1. The Balaban J connectivity index is 1.39. The highest BCUT2D eigenvalue weighted by atomic mass is 16.5. The van der Waals surface area contributed by atoms with E-state index in [2.05, 4.69) is 21.6 Å². The molecule has 0 aliphatic carbocycles. The molecule has 4 rings (SSSR count).